The standard InChI is InChI=1S/C9H11Cl.C2H6/c1-2-8-4-3-5-9(10)7-6-8;1-2/h4-7H,2-3H2,1H3;1-2H3. The summed E-state index contributed by atoms with van der Waals surface area (Å²) in [5, 5.41) is 0.847. The van der Waals surface area contributed by atoms with Crippen molar-refractivity contribution in [1.29, 1.82) is 0 Å². The van der Waals surface area contributed by atoms with E-state index in [1.54, 1.807) is 0 Å². The Kier molecular flexibility index (Phi) is 6.88. The molecule has 0 heterocycles. The third-order valence-electron chi connectivity index (χ3n) is 1.56. The summed E-state index contributed by atoms with van der Waals surface area (Å²) in [4.78, 5) is 0. The Morgan fingerprint density at radius 3 is 2.50 bits per heavy atom. The minimum Gasteiger partial charge on any atom is -0.0847 e. The molecule has 0 amide bonds. The Morgan fingerprint density at radius 1 is 1.25 bits per heavy atom. The van der Waals surface area contributed by atoms with Crippen molar-refractivity contribution in [3.05, 3.63) is 34.9 Å². The third kappa shape index (κ3) is 4.40. The first-order chi connectivity index (χ1) is 5.83. The van der Waals surface area contributed by atoms with Gasteiger partial charge in [0.05, 0.1) is 0 Å². The van der Waals surface area contributed by atoms with Crippen molar-refractivity contribution in [2.24, 2.45) is 0 Å². The van der Waals surface area contributed by atoms with E-state index in [2.05, 4.69) is 19.1 Å². The van der Waals surface area contributed by atoms with E-state index in [1.165, 1.54) is 5.57 Å². The van der Waals surface area contributed by atoms with Gasteiger partial charge in [-0.1, -0.05) is 56.2 Å². The number of rotatable bonds is 1. The van der Waals surface area contributed by atoms with Gasteiger partial charge in [0.1, 0.15) is 0 Å². The van der Waals surface area contributed by atoms with Crippen molar-refractivity contribution in [2.45, 2.75) is 33.6 Å². The Bertz CT molecular complexity index is 197. The molecule has 0 aliphatic heterocycles. The molecule has 68 valence electrons. The minimum atomic E-state index is 0.847. The van der Waals surface area contributed by atoms with Crippen LogP contribution in [-0.2, 0) is 0 Å². The first-order valence-electron chi connectivity index (χ1n) is 4.55. The highest BCUT2D eigenvalue weighted by Crippen LogP contribution is 2.14. The van der Waals surface area contributed by atoms with Crippen LogP contribution in [0, 0.1) is 0 Å². The molecule has 0 saturated heterocycles. The van der Waals surface area contributed by atoms with Crippen molar-refractivity contribution >= 4 is 11.6 Å². The lowest BCUT2D eigenvalue weighted by atomic mass is 10.2. The van der Waals surface area contributed by atoms with E-state index in [4.69, 9.17) is 11.6 Å². The van der Waals surface area contributed by atoms with Gasteiger partial charge in [-0.25, -0.2) is 0 Å². The number of hydrogen-bond acceptors (Lipinski definition) is 0. The SMILES string of the molecule is CC.CCC1=CCC=C(Cl)C=C1. The van der Waals surface area contributed by atoms with Crippen LogP contribution in [0.15, 0.2) is 34.9 Å². The van der Waals surface area contributed by atoms with Gasteiger partial charge in [0, 0.05) is 5.03 Å². The lowest BCUT2D eigenvalue weighted by Gasteiger charge is -1.90. The van der Waals surface area contributed by atoms with Gasteiger partial charge in [-0.3, -0.25) is 0 Å². The number of hydrogen-bond donors (Lipinski definition) is 0. The first-order valence-corrected chi connectivity index (χ1v) is 4.93. The molecule has 0 radical (unpaired) electrons. The summed E-state index contributed by atoms with van der Waals surface area (Å²) in [6.07, 6.45) is 10.3. The van der Waals surface area contributed by atoms with Gasteiger partial charge < -0.3 is 0 Å². The molecule has 1 aliphatic carbocycles. The monoisotopic (exact) mass is 184 g/mol. The Labute approximate surface area is 80.6 Å². The highest BCUT2D eigenvalue weighted by atomic mass is 35.5. The molecule has 0 fully saturated rings. The maximum absolute atomic E-state index is 5.78. The maximum Gasteiger partial charge on any atom is 0.0369 e. The highest BCUT2D eigenvalue weighted by molar-refractivity contribution is 6.31. The average Bonchev–Trinajstić information content (AvgIpc) is 2.33. The maximum atomic E-state index is 5.78. The fourth-order valence-corrected chi connectivity index (χ4v) is 1.06. The van der Waals surface area contributed by atoms with E-state index >= 15 is 0 Å². The second-order valence-electron chi connectivity index (χ2n) is 2.29. The molecular weight excluding hydrogens is 168 g/mol. The quantitative estimate of drug-likeness (QED) is 0.566. The zero-order valence-corrected chi connectivity index (χ0v) is 8.86. The van der Waals surface area contributed by atoms with E-state index < -0.39 is 0 Å². The Hall–Kier alpha value is -0.490. The summed E-state index contributed by atoms with van der Waals surface area (Å²) >= 11 is 5.78. The van der Waals surface area contributed by atoms with E-state index in [9.17, 15) is 0 Å². The van der Waals surface area contributed by atoms with Crippen LogP contribution in [0.1, 0.15) is 33.6 Å². The summed E-state index contributed by atoms with van der Waals surface area (Å²) in [6.45, 7) is 6.15. The summed E-state index contributed by atoms with van der Waals surface area (Å²) in [5.41, 5.74) is 1.37. The van der Waals surface area contributed by atoms with Gasteiger partial charge >= 0.3 is 0 Å². The van der Waals surface area contributed by atoms with Crippen LogP contribution < -0.4 is 0 Å². The summed E-state index contributed by atoms with van der Waals surface area (Å²) in [7, 11) is 0. The normalized spacial score (nSPS) is 15.3. The topological polar surface area (TPSA) is 0 Å². The molecule has 0 aromatic carbocycles. The van der Waals surface area contributed by atoms with Crippen LogP contribution in [0.2, 0.25) is 0 Å². The molecule has 0 aromatic heterocycles. The van der Waals surface area contributed by atoms with Gasteiger partial charge in [-0.2, -0.15) is 0 Å². The van der Waals surface area contributed by atoms with Gasteiger partial charge in [0.15, 0.2) is 0 Å². The minimum absolute atomic E-state index is 0.847. The summed E-state index contributed by atoms with van der Waals surface area (Å²) < 4.78 is 0. The van der Waals surface area contributed by atoms with Crippen LogP contribution >= 0.6 is 11.6 Å². The molecule has 0 atom stereocenters. The Balaban J connectivity index is 0.000000561. The fourth-order valence-electron chi connectivity index (χ4n) is 0.908. The van der Waals surface area contributed by atoms with Gasteiger partial charge in [0.2, 0.25) is 0 Å². The van der Waals surface area contributed by atoms with E-state index in [-0.39, 0.29) is 0 Å². The Morgan fingerprint density at radius 2 is 1.92 bits per heavy atom. The zero-order chi connectivity index (χ0) is 9.40. The molecular formula is C11H17Cl. The van der Waals surface area contributed by atoms with Gasteiger partial charge in [-0.05, 0) is 18.9 Å². The van der Waals surface area contributed by atoms with Crippen molar-refractivity contribution in [1.82, 2.24) is 0 Å². The van der Waals surface area contributed by atoms with E-state index in [0.29, 0.717) is 0 Å². The second kappa shape index (κ2) is 7.17. The van der Waals surface area contributed by atoms with Crippen molar-refractivity contribution in [3.8, 4) is 0 Å². The molecule has 12 heavy (non-hydrogen) atoms. The lowest BCUT2D eigenvalue weighted by molar-refractivity contribution is 1.13. The van der Waals surface area contributed by atoms with Gasteiger partial charge in [0.25, 0.3) is 0 Å². The molecule has 1 aliphatic rings. The lowest BCUT2D eigenvalue weighted by Crippen LogP contribution is -1.70. The predicted octanol–water partition coefficient (Wildman–Crippen LogP) is 4.43. The summed E-state index contributed by atoms with van der Waals surface area (Å²) in [5.74, 6) is 0. The van der Waals surface area contributed by atoms with Crippen molar-refractivity contribution in [2.75, 3.05) is 0 Å². The van der Waals surface area contributed by atoms with E-state index in [1.807, 2.05) is 26.0 Å². The number of allylic oxidation sites excluding steroid dienone is 6. The molecule has 0 unspecified atom stereocenters. The predicted molar refractivity (Wildman–Crippen MR) is 57.4 cm³/mol. The van der Waals surface area contributed by atoms with Crippen LogP contribution in [0.5, 0.6) is 0 Å². The molecule has 0 aromatic rings. The molecule has 1 heteroatoms. The average molecular weight is 185 g/mol. The van der Waals surface area contributed by atoms with Crippen LogP contribution in [0.4, 0.5) is 0 Å². The fraction of sp³-hybridized carbons (Fsp3) is 0.455. The highest BCUT2D eigenvalue weighted by Gasteiger charge is 1.92. The first kappa shape index (κ1) is 11.5. The van der Waals surface area contributed by atoms with Crippen molar-refractivity contribution in [3.63, 3.8) is 0 Å². The van der Waals surface area contributed by atoms with Crippen molar-refractivity contribution < 1.29 is 0 Å². The zero-order valence-electron chi connectivity index (χ0n) is 8.10. The smallest absolute Gasteiger partial charge is 0.0369 e. The third-order valence-corrected chi connectivity index (χ3v) is 1.84. The molecule has 0 nitrogen and oxygen atoms in total. The van der Waals surface area contributed by atoms with E-state index in [0.717, 1.165) is 17.9 Å². The number of halogens is 1. The van der Waals surface area contributed by atoms with Crippen LogP contribution in [0.3, 0.4) is 0 Å². The molecule has 0 N–H and O–H groups in total. The largest absolute Gasteiger partial charge is 0.0847 e. The summed E-state index contributed by atoms with van der Waals surface area (Å²) in [6, 6.07) is 0. The second-order valence-corrected chi connectivity index (χ2v) is 2.73. The molecule has 0 bridgehead atoms. The van der Waals surface area contributed by atoms with Crippen LogP contribution in [0.25, 0.3) is 0 Å². The van der Waals surface area contributed by atoms with Crippen LogP contribution in [-0.4, -0.2) is 0 Å². The molecule has 1 rings (SSSR count). The van der Waals surface area contributed by atoms with Gasteiger partial charge in [-0.15, -0.1) is 0 Å². The molecule has 0 spiro atoms. The molecule has 0 saturated carbocycles.